The van der Waals surface area contributed by atoms with Gasteiger partial charge in [0, 0.05) is 11.8 Å². The zero-order chi connectivity index (χ0) is 10.7. The molecule has 0 radical (unpaired) electrons. The fraction of sp³-hybridized carbons (Fsp3) is 0.400. The molecule has 0 saturated heterocycles. The van der Waals surface area contributed by atoms with Gasteiger partial charge in [0.05, 0.1) is 0 Å². The zero-order valence-corrected chi connectivity index (χ0v) is 8.37. The summed E-state index contributed by atoms with van der Waals surface area (Å²) in [5, 5.41) is 9.08. The Labute approximate surface area is 82.3 Å². The van der Waals surface area contributed by atoms with Gasteiger partial charge < -0.3 is 10.1 Å². The molecular weight excluding hydrogens is 180 g/mol. The molecule has 1 heterocycles. The van der Waals surface area contributed by atoms with E-state index in [0.29, 0.717) is 18.0 Å². The molecule has 4 heteroatoms. The highest BCUT2D eigenvalue weighted by Gasteiger charge is 2.05. The monoisotopic (exact) mass is 194 g/mol. The Morgan fingerprint density at radius 1 is 1.71 bits per heavy atom. The molecule has 1 aromatic rings. The minimum absolute atomic E-state index is 0.146. The number of nitrogens with zero attached hydrogens (tertiary/aromatic N) is 1. The molecule has 76 valence electrons. The number of hydrogen-bond acceptors (Lipinski definition) is 3. The normalized spacial score (nSPS) is 10.5. The van der Waals surface area contributed by atoms with Crippen LogP contribution in [-0.4, -0.2) is 15.1 Å². The highest BCUT2D eigenvalue weighted by atomic mass is 16.3. The molecule has 0 bridgehead atoms. The summed E-state index contributed by atoms with van der Waals surface area (Å²) in [6.45, 7) is 7.39. The van der Waals surface area contributed by atoms with Crippen molar-refractivity contribution in [1.29, 1.82) is 0 Å². The molecular formula is C10H14N2O2. The van der Waals surface area contributed by atoms with Gasteiger partial charge in [-0.3, -0.25) is 4.79 Å². The first-order valence-corrected chi connectivity index (χ1v) is 4.47. The summed E-state index contributed by atoms with van der Waals surface area (Å²) in [5.41, 5.74) is 0.412. The van der Waals surface area contributed by atoms with Crippen molar-refractivity contribution in [3.8, 4) is 0 Å². The maximum atomic E-state index is 11.1. The predicted molar refractivity (Wildman–Crippen MR) is 55.1 cm³/mol. The van der Waals surface area contributed by atoms with Crippen LogP contribution in [0.1, 0.15) is 25.4 Å². The second-order valence-electron chi connectivity index (χ2n) is 3.63. The largest absolute Gasteiger partial charge is 0.505 e. The molecule has 0 amide bonds. The van der Waals surface area contributed by atoms with Crippen LogP contribution >= 0.6 is 0 Å². The standard InChI is InChI=1S/C10H14N2O2/c1-6(2)4-8-5-9(14)12-10(11-8)7(3)13/h5-6,13H,3-4H2,1-2H3,(H,11,12,14). The Balaban J connectivity index is 3.07. The number of aromatic nitrogens is 2. The van der Waals surface area contributed by atoms with Crippen LogP contribution in [0.15, 0.2) is 17.4 Å². The van der Waals surface area contributed by atoms with Crippen LogP contribution in [0.3, 0.4) is 0 Å². The summed E-state index contributed by atoms with van der Waals surface area (Å²) in [4.78, 5) is 17.6. The summed E-state index contributed by atoms with van der Waals surface area (Å²) in [6.07, 6.45) is 0.712. The van der Waals surface area contributed by atoms with E-state index in [1.807, 2.05) is 13.8 Å². The lowest BCUT2D eigenvalue weighted by Crippen LogP contribution is -2.13. The van der Waals surface area contributed by atoms with Gasteiger partial charge in [0.25, 0.3) is 5.56 Å². The van der Waals surface area contributed by atoms with Crippen molar-refractivity contribution in [2.24, 2.45) is 5.92 Å². The van der Waals surface area contributed by atoms with Crippen LogP contribution in [0.2, 0.25) is 0 Å². The lowest BCUT2D eigenvalue weighted by Gasteiger charge is -2.05. The van der Waals surface area contributed by atoms with Crippen molar-refractivity contribution in [2.75, 3.05) is 0 Å². The summed E-state index contributed by atoms with van der Waals surface area (Å²) in [6, 6.07) is 1.44. The molecule has 0 fully saturated rings. The van der Waals surface area contributed by atoms with Crippen LogP contribution in [0.25, 0.3) is 5.76 Å². The lowest BCUT2D eigenvalue weighted by atomic mass is 10.1. The highest BCUT2D eigenvalue weighted by Crippen LogP contribution is 2.05. The number of aromatic amines is 1. The Kier molecular flexibility index (Phi) is 3.06. The molecule has 0 saturated carbocycles. The SMILES string of the molecule is C=C(O)c1nc(CC(C)C)cc(=O)[nH]1. The van der Waals surface area contributed by atoms with Gasteiger partial charge in [-0.15, -0.1) is 0 Å². The van der Waals surface area contributed by atoms with Crippen molar-refractivity contribution in [3.05, 3.63) is 34.5 Å². The Bertz CT molecular complexity index is 393. The number of hydrogen-bond donors (Lipinski definition) is 2. The summed E-state index contributed by atoms with van der Waals surface area (Å²) in [5.74, 6) is 0.352. The first-order valence-electron chi connectivity index (χ1n) is 4.47. The van der Waals surface area contributed by atoms with Crippen LogP contribution < -0.4 is 5.56 Å². The van der Waals surface area contributed by atoms with Gasteiger partial charge in [-0.1, -0.05) is 20.4 Å². The molecule has 0 aliphatic heterocycles. The minimum Gasteiger partial charge on any atom is -0.505 e. The number of H-pyrrole nitrogens is 1. The quantitative estimate of drug-likeness (QED) is 0.716. The van der Waals surface area contributed by atoms with Crippen LogP contribution in [-0.2, 0) is 6.42 Å². The van der Waals surface area contributed by atoms with Crippen LogP contribution in [0.4, 0.5) is 0 Å². The van der Waals surface area contributed by atoms with Crippen molar-refractivity contribution >= 4 is 5.76 Å². The van der Waals surface area contributed by atoms with Crippen molar-refractivity contribution < 1.29 is 5.11 Å². The first kappa shape index (κ1) is 10.5. The number of nitrogens with one attached hydrogen (secondary N) is 1. The number of rotatable bonds is 3. The van der Waals surface area contributed by atoms with E-state index >= 15 is 0 Å². The zero-order valence-electron chi connectivity index (χ0n) is 8.37. The number of aliphatic hydroxyl groups is 1. The topological polar surface area (TPSA) is 66.0 Å². The lowest BCUT2D eigenvalue weighted by molar-refractivity contribution is 0.504. The van der Waals surface area contributed by atoms with E-state index in [1.165, 1.54) is 6.07 Å². The second kappa shape index (κ2) is 4.09. The predicted octanol–water partition coefficient (Wildman–Crippen LogP) is 1.50. The van der Waals surface area contributed by atoms with Gasteiger partial charge in [-0.25, -0.2) is 4.98 Å². The van der Waals surface area contributed by atoms with E-state index in [4.69, 9.17) is 5.11 Å². The van der Waals surface area contributed by atoms with Gasteiger partial charge in [0.15, 0.2) is 11.6 Å². The molecule has 14 heavy (non-hydrogen) atoms. The minimum atomic E-state index is -0.263. The fourth-order valence-corrected chi connectivity index (χ4v) is 1.17. The molecule has 2 N–H and O–H groups in total. The maximum absolute atomic E-state index is 11.1. The second-order valence-corrected chi connectivity index (χ2v) is 3.63. The molecule has 0 atom stereocenters. The highest BCUT2D eigenvalue weighted by molar-refractivity contribution is 5.47. The summed E-state index contributed by atoms with van der Waals surface area (Å²) >= 11 is 0. The average molecular weight is 194 g/mol. The molecule has 0 aromatic carbocycles. The smallest absolute Gasteiger partial charge is 0.251 e. The summed E-state index contributed by atoms with van der Waals surface area (Å²) in [7, 11) is 0. The molecule has 1 aromatic heterocycles. The van der Waals surface area contributed by atoms with Gasteiger partial charge in [0.1, 0.15) is 0 Å². The maximum Gasteiger partial charge on any atom is 0.251 e. The van der Waals surface area contributed by atoms with E-state index < -0.39 is 0 Å². The fourth-order valence-electron chi connectivity index (χ4n) is 1.17. The summed E-state index contributed by atoms with van der Waals surface area (Å²) < 4.78 is 0. The molecule has 0 aliphatic rings. The van der Waals surface area contributed by atoms with Gasteiger partial charge in [-0.2, -0.15) is 0 Å². The first-order chi connectivity index (χ1) is 6.49. The Morgan fingerprint density at radius 3 is 2.86 bits per heavy atom. The van der Waals surface area contributed by atoms with Crippen LogP contribution in [0, 0.1) is 5.92 Å². The molecule has 1 rings (SSSR count). The van der Waals surface area contributed by atoms with E-state index in [-0.39, 0.29) is 17.1 Å². The average Bonchev–Trinajstić information content (AvgIpc) is 2.01. The van der Waals surface area contributed by atoms with Crippen molar-refractivity contribution in [1.82, 2.24) is 9.97 Å². The van der Waals surface area contributed by atoms with Crippen molar-refractivity contribution in [2.45, 2.75) is 20.3 Å². The van der Waals surface area contributed by atoms with Gasteiger partial charge in [0.2, 0.25) is 0 Å². The Hall–Kier alpha value is -1.58. The third-order valence-electron chi connectivity index (χ3n) is 1.69. The molecule has 0 unspecified atom stereocenters. The van der Waals surface area contributed by atoms with E-state index in [1.54, 1.807) is 0 Å². The number of aliphatic hydroxyl groups excluding tert-OH is 1. The van der Waals surface area contributed by atoms with Crippen LogP contribution in [0.5, 0.6) is 0 Å². The van der Waals surface area contributed by atoms with Gasteiger partial charge in [-0.05, 0) is 12.3 Å². The molecule has 0 spiro atoms. The molecule has 4 nitrogen and oxygen atoms in total. The third kappa shape index (κ3) is 2.73. The van der Waals surface area contributed by atoms with E-state index in [9.17, 15) is 4.79 Å². The van der Waals surface area contributed by atoms with Crippen molar-refractivity contribution in [3.63, 3.8) is 0 Å². The van der Waals surface area contributed by atoms with E-state index in [2.05, 4.69) is 16.5 Å². The van der Waals surface area contributed by atoms with Gasteiger partial charge >= 0.3 is 0 Å². The van der Waals surface area contributed by atoms with E-state index in [0.717, 1.165) is 0 Å². The Morgan fingerprint density at radius 2 is 2.36 bits per heavy atom. The third-order valence-corrected chi connectivity index (χ3v) is 1.69. The molecule has 0 aliphatic carbocycles.